The predicted octanol–water partition coefficient (Wildman–Crippen LogP) is 5.33. The SMILES string of the molecule is N#C/C(=C\c1ccccc1OCc1ccccc1)S(=O)(=O)Nc1ccc(Br)cc1. The first-order chi connectivity index (χ1) is 14.0. The Bertz CT molecular complexity index is 1150. The van der Waals surface area contributed by atoms with Crippen LogP contribution >= 0.6 is 15.9 Å². The fraction of sp³-hybridized carbons (Fsp3) is 0.0455. The second kappa shape index (κ2) is 9.41. The van der Waals surface area contributed by atoms with Crippen molar-refractivity contribution in [1.82, 2.24) is 0 Å². The van der Waals surface area contributed by atoms with E-state index >= 15 is 0 Å². The molecule has 0 heterocycles. The number of anilines is 1. The predicted molar refractivity (Wildman–Crippen MR) is 117 cm³/mol. The van der Waals surface area contributed by atoms with E-state index in [1.54, 1.807) is 54.6 Å². The van der Waals surface area contributed by atoms with Crippen molar-refractivity contribution < 1.29 is 13.2 Å². The summed E-state index contributed by atoms with van der Waals surface area (Å²) in [5.41, 5.74) is 1.85. The molecule has 0 bridgehead atoms. The molecule has 0 spiro atoms. The number of nitriles is 1. The van der Waals surface area contributed by atoms with Gasteiger partial charge in [-0.2, -0.15) is 5.26 Å². The van der Waals surface area contributed by atoms with E-state index in [0.717, 1.165) is 10.0 Å². The van der Waals surface area contributed by atoms with Crippen LogP contribution < -0.4 is 9.46 Å². The van der Waals surface area contributed by atoms with Crippen molar-refractivity contribution in [3.63, 3.8) is 0 Å². The minimum absolute atomic E-state index is 0.331. The Balaban J connectivity index is 1.85. The highest BCUT2D eigenvalue weighted by atomic mass is 79.9. The number of nitrogens with zero attached hydrogens (tertiary/aromatic N) is 1. The lowest BCUT2D eigenvalue weighted by atomic mass is 10.2. The van der Waals surface area contributed by atoms with E-state index < -0.39 is 14.9 Å². The van der Waals surface area contributed by atoms with Crippen molar-refractivity contribution in [3.8, 4) is 11.8 Å². The van der Waals surface area contributed by atoms with Crippen molar-refractivity contribution in [2.24, 2.45) is 0 Å². The highest BCUT2D eigenvalue weighted by Gasteiger charge is 2.18. The molecular weight excluding hydrogens is 452 g/mol. The summed E-state index contributed by atoms with van der Waals surface area (Å²) >= 11 is 3.30. The van der Waals surface area contributed by atoms with Crippen LogP contribution in [0.2, 0.25) is 0 Å². The number of halogens is 1. The fourth-order valence-corrected chi connectivity index (χ4v) is 3.73. The third-order valence-corrected chi connectivity index (χ3v) is 5.76. The molecule has 0 radical (unpaired) electrons. The summed E-state index contributed by atoms with van der Waals surface area (Å²) in [4.78, 5) is -0.406. The van der Waals surface area contributed by atoms with Gasteiger partial charge in [0.15, 0.2) is 4.91 Å². The van der Waals surface area contributed by atoms with Gasteiger partial charge in [0.2, 0.25) is 0 Å². The summed E-state index contributed by atoms with van der Waals surface area (Å²) in [6.07, 6.45) is 1.31. The van der Waals surface area contributed by atoms with Crippen molar-refractivity contribution in [1.29, 1.82) is 5.26 Å². The highest BCUT2D eigenvalue weighted by Crippen LogP contribution is 2.25. The Hall–Kier alpha value is -3.08. The molecule has 29 heavy (non-hydrogen) atoms. The van der Waals surface area contributed by atoms with Gasteiger partial charge in [0.05, 0.1) is 0 Å². The number of hydrogen-bond acceptors (Lipinski definition) is 4. The standard InChI is InChI=1S/C22H17BrN2O3S/c23-19-10-12-20(13-11-19)25-29(26,27)21(15-24)14-18-8-4-5-9-22(18)28-16-17-6-2-1-3-7-17/h1-14,25H,16H2/b21-14+. The van der Waals surface area contributed by atoms with Crippen LogP contribution in [0.3, 0.4) is 0 Å². The maximum atomic E-state index is 12.7. The van der Waals surface area contributed by atoms with E-state index in [2.05, 4.69) is 20.7 Å². The molecule has 3 aromatic carbocycles. The molecule has 3 aromatic rings. The largest absolute Gasteiger partial charge is 0.488 e. The summed E-state index contributed by atoms with van der Waals surface area (Å²) < 4.78 is 34.4. The van der Waals surface area contributed by atoms with Gasteiger partial charge in [0, 0.05) is 15.7 Å². The molecule has 5 nitrogen and oxygen atoms in total. The minimum atomic E-state index is -4.04. The van der Waals surface area contributed by atoms with Crippen LogP contribution in [0.4, 0.5) is 5.69 Å². The first kappa shape index (κ1) is 20.6. The average Bonchev–Trinajstić information content (AvgIpc) is 2.73. The molecule has 0 saturated carbocycles. The van der Waals surface area contributed by atoms with Crippen LogP contribution in [0.25, 0.3) is 6.08 Å². The summed E-state index contributed by atoms with van der Waals surface area (Å²) in [6.45, 7) is 0.331. The van der Waals surface area contributed by atoms with E-state index in [-0.39, 0.29) is 0 Å². The number of rotatable bonds is 7. The summed E-state index contributed by atoms with van der Waals surface area (Å²) in [7, 11) is -4.04. The Morgan fingerprint density at radius 1 is 1.00 bits per heavy atom. The molecule has 0 saturated heterocycles. The topological polar surface area (TPSA) is 79.2 Å². The lowest BCUT2D eigenvalue weighted by molar-refractivity contribution is 0.305. The summed E-state index contributed by atoms with van der Waals surface area (Å²) in [6, 6.07) is 25.0. The molecule has 0 aliphatic carbocycles. The zero-order valence-electron chi connectivity index (χ0n) is 15.2. The third kappa shape index (κ3) is 5.70. The lowest BCUT2D eigenvalue weighted by Crippen LogP contribution is -2.14. The second-order valence-corrected chi connectivity index (χ2v) is 8.61. The van der Waals surface area contributed by atoms with Crippen LogP contribution in [0.5, 0.6) is 5.75 Å². The quantitative estimate of drug-likeness (QED) is 0.474. The zero-order chi connectivity index (χ0) is 20.7. The fourth-order valence-electron chi connectivity index (χ4n) is 2.51. The number of nitrogens with one attached hydrogen (secondary N) is 1. The Morgan fingerprint density at radius 2 is 1.66 bits per heavy atom. The van der Waals surface area contributed by atoms with Gasteiger partial charge in [0.25, 0.3) is 10.0 Å². The van der Waals surface area contributed by atoms with Gasteiger partial charge >= 0.3 is 0 Å². The second-order valence-electron chi connectivity index (χ2n) is 6.04. The number of allylic oxidation sites excluding steroid dienone is 1. The molecule has 0 amide bonds. The Kier molecular flexibility index (Phi) is 6.70. The van der Waals surface area contributed by atoms with Gasteiger partial charge in [0.1, 0.15) is 18.4 Å². The number of para-hydroxylation sites is 1. The van der Waals surface area contributed by atoms with Crippen LogP contribution in [0, 0.1) is 11.3 Å². The molecule has 3 rings (SSSR count). The third-order valence-electron chi connectivity index (χ3n) is 3.94. The normalized spacial score (nSPS) is 11.5. The summed E-state index contributed by atoms with van der Waals surface area (Å²) in [5.74, 6) is 0.489. The monoisotopic (exact) mass is 468 g/mol. The molecule has 0 aliphatic rings. The van der Waals surface area contributed by atoms with Gasteiger partial charge in [-0.05, 0) is 42.0 Å². The maximum Gasteiger partial charge on any atom is 0.272 e. The van der Waals surface area contributed by atoms with Crippen LogP contribution in [-0.4, -0.2) is 8.42 Å². The van der Waals surface area contributed by atoms with Crippen LogP contribution in [0.15, 0.2) is 88.2 Å². The van der Waals surface area contributed by atoms with E-state index in [9.17, 15) is 13.7 Å². The van der Waals surface area contributed by atoms with Gasteiger partial charge < -0.3 is 4.74 Å². The van der Waals surface area contributed by atoms with E-state index in [1.807, 2.05) is 30.3 Å². The first-order valence-corrected chi connectivity index (χ1v) is 10.9. The number of sulfonamides is 1. The number of ether oxygens (including phenoxy) is 1. The van der Waals surface area contributed by atoms with E-state index in [1.165, 1.54) is 6.08 Å². The van der Waals surface area contributed by atoms with Crippen molar-refractivity contribution in [2.75, 3.05) is 4.72 Å². The van der Waals surface area contributed by atoms with Gasteiger partial charge in [-0.25, -0.2) is 8.42 Å². The Morgan fingerprint density at radius 3 is 2.34 bits per heavy atom. The molecule has 0 aromatic heterocycles. The molecule has 0 atom stereocenters. The van der Waals surface area contributed by atoms with Gasteiger partial charge in [-0.15, -0.1) is 0 Å². The van der Waals surface area contributed by atoms with Crippen molar-refractivity contribution in [2.45, 2.75) is 6.61 Å². The van der Waals surface area contributed by atoms with Crippen molar-refractivity contribution in [3.05, 3.63) is 99.4 Å². The molecule has 0 fully saturated rings. The molecule has 1 N–H and O–H groups in total. The molecule has 7 heteroatoms. The minimum Gasteiger partial charge on any atom is -0.488 e. The molecule has 0 unspecified atom stereocenters. The van der Waals surface area contributed by atoms with Gasteiger partial charge in [-0.3, -0.25) is 4.72 Å². The summed E-state index contributed by atoms with van der Waals surface area (Å²) in [5, 5.41) is 9.46. The number of hydrogen-bond donors (Lipinski definition) is 1. The lowest BCUT2D eigenvalue weighted by Gasteiger charge is -2.11. The Labute approximate surface area is 178 Å². The van der Waals surface area contributed by atoms with Crippen molar-refractivity contribution >= 4 is 37.7 Å². The highest BCUT2D eigenvalue weighted by molar-refractivity contribution is 9.10. The smallest absolute Gasteiger partial charge is 0.272 e. The maximum absolute atomic E-state index is 12.7. The average molecular weight is 469 g/mol. The molecule has 146 valence electrons. The molecular formula is C22H17BrN2O3S. The van der Waals surface area contributed by atoms with Crippen LogP contribution in [-0.2, 0) is 16.6 Å². The van der Waals surface area contributed by atoms with E-state index in [0.29, 0.717) is 23.6 Å². The van der Waals surface area contributed by atoms with Gasteiger partial charge in [-0.1, -0.05) is 64.5 Å². The van der Waals surface area contributed by atoms with Crippen LogP contribution in [0.1, 0.15) is 11.1 Å². The molecule has 0 aliphatic heterocycles. The first-order valence-electron chi connectivity index (χ1n) is 8.64. The number of benzene rings is 3. The zero-order valence-corrected chi connectivity index (χ0v) is 17.7. The van der Waals surface area contributed by atoms with E-state index in [4.69, 9.17) is 4.74 Å².